The van der Waals surface area contributed by atoms with E-state index in [0.717, 1.165) is 23.1 Å². The van der Waals surface area contributed by atoms with Crippen molar-refractivity contribution in [2.45, 2.75) is 51.2 Å². The largest absolute Gasteiger partial charge is 0.370 e. The van der Waals surface area contributed by atoms with Gasteiger partial charge in [-0.1, -0.05) is 37.3 Å². The van der Waals surface area contributed by atoms with Crippen LogP contribution >= 0.6 is 22.9 Å². The zero-order valence-corrected chi connectivity index (χ0v) is 12.3. The Morgan fingerprint density at radius 1 is 1.21 bits per heavy atom. The van der Waals surface area contributed by atoms with Gasteiger partial charge in [-0.2, -0.15) is 0 Å². The molecule has 0 spiro atoms. The van der Waals surface area contributed by atoms with Crippen molar-refractivity contribution in [2.24, 2.45) is 0 Å². The van der Waals surface area contributed by atoms with Crippen LogP contribution in [0.15, 0.2) is 11.4 Å². The minimum Gasteiger partial charge on any atom is -0.370 e. The first-order chi connectivity index (χ1) is 9.33. The monoisotopic (exact) mass is 296 g/mol. The molecule has 3 rings (SSSR count). The van der Waals surface area contributed by atoms with Crippen LogP contribution in [-0.2, 0) is 11.3 Å². The number of aromatic nitrogens is 2. The summed E-state index contributed by atoms with van der Waals surface area (Å²) < 4.78 is 5.95. The number of nitrogens with zero attached hydrogens (tertiary/aromatic N) is 2. The molecule has 5 heteroatoms. The average molecular weight is 297 g/mol. The summed E-state index contributed by atoms with van der Waals surface area (Å²) in [4.78, 5) is 9.76. The van der Waals surface area contributed by atoms with Gasteiger partial charge in [0, 0.05) is 5.39 Å². The van der Waals surface area contributed by atoms with E-state index in [-0.39, 0.29) is 0 Å². The van der Waals surface area contributed by atoms with Crippen molar-refractivity contribution >= 4 is 33.2 Å². The van der Waals surface area contributed by atoms with Gasteiger partial charge in [-0.3, -0.25) is 0 Å². The van der Waals surface area contributed by atoms with Gasteiger partial charge in [0.25, 0.3) is 0 Å². The van der Waals surface area contributed by atoms with E-state index in [0.29, 0.717) is 23.7 Å². The molecule has 2 aromatic rings. The van der Waals surface area contributed by atoms with E-state index in [4.69, 9.17) is 16.3 Å². The van der Waals surface area contributed by atoms with Crippen LogP contribution in [0.5, 0.6) is 0 Å². The van der Waals surface area contributed by atoms with Crippen LogP contribution in [0.1, 0.15) is 44.3 Å². The van der Waals surface area contributed by atoms with Crippen LogP contribution < -0.4 is 0 Å². The molecule has 1 fully saturated rings. The molecule has 3 nitrogen and oxygen atoms in total. The van der Waals surface area contributed by atoms with Gasteiger partial charge in [0.15, 0.2) is 5.82 Å². The molecule has 1 saturated carbocycles. The summed E-state index contributed by atoms with van der Waals surface area (Å²) in [5, 5.41) is 3.46. The summed E-state index contributed by atoms with van der Waals surface area (Å²) in [7, 11) is 0. The predicted molar refractivity (Wildman–Crippen MR) is 78.7 cm³/mol. The second-order valence-corrected chi connectivity index (χ2v) is 6.25. The second-order valence-electron chi connectivity index (χ2n) is 4.99. The van der Waals surface area contributed by atoms with Crippen LogP contribution in [0, 0.1) is 0 Å². The maximum Gasteiger partial charge on any atom is 0.157 e. The summed E-state index contributed by atoms with van der Waals surface area (Å²) in [6, 6.07) is 1.96. The lowest BCUT2D eigenvalue weighted by Gasteiger charge is -2.14. The van der Waals surface area contributed by atoms with E-state index < -0.39 is 0 Å². The fraction of sp³-hybridized carbons (Fsp3) is 0.571. The molecular weight excluding hydrogens is 280 g/mol. The third-order valence-corrected chi connectivity index (χ3v) is 4.67. The first kappa shape index (κ1) is 13.3. The lowest BCUT2D eigenvalue weighted by molar-refractivity contribution is 0.0274. The minimum atomic E-state index is 0.365. The molecule has 0 radical (unpaired) electrons. The Morgan fingerprint density at radius 3 is 2.79 bits per heavy atom. The molecular formula is C14H17ClN2OS. The van der Waals surface area contributed by atoms with Crippen molar-refractivity contribution in [1.82, 2.24) is 9.97 Å². The SMILES string of the molecule is Clc1nc(COC2CCCCCC2)nc2sccc12. The van der Waals surface area contributed by atoms with E-state index in [2.05, 4.69) is 9.97 Å². The fourth-order valence-electron chi connectivity index (χ4n) is 2.53. The van der Waals surface area contributed by atoms with Crippen molar-refractivity contribution < 1.29 is 4.74 Å². The van der Waals surface area contributed by atoms with E-state index in [1.165, 1.54) is 25.7 Å². The molecule has 1 aliphatic rings. The zero-order valence-electron chi connectivity index (χ0n) is 10.8. The second kappa shape index (κ2) is 6.16. The van der Waals surface area contributed by atoms with Crippen LogP contribution in [0.2, 0.25) is 5.15 Å². The van der Waals surface area contributed by atoms with Gasteiger partial charge in [0.2, 0.25) is 0 Å². The van der Waals surface area contributed by atoms with E-state index in [1.54, 1.807) is 11.3 Å². The Labute approximate surface area is 122 Å². The first-order valence-corrected chi connectivity index (χ1v) is 8.10. The van der Waals surface area contributed by atoms with E-state index in [1.807, 2.05) is 11.4 Å². The molecule has 0 N–H and O–H groups in total. The molecule has 0 aliphatic heterocycles. The molecule has 0 bridgehead atoms. The highest BCUT2D eigenvalue weighted by molar-refractivity contribution is 7.16. The summed E-state index contributed by atoms with van der Waals surface area (Å²) in [5.74, 6) is 0.698. The van der Waals surface area contributed by atoms with Crippen molar-refractivity contribution in [3.63, 3.8) is 0 Å². The number of fused-ring (bicyclic) bond motifs is 1. The molecule has 0 atom stereocenters. The highest BCUT2D eigenvalue weighted by Crippen LogP contribution is 2.25. The van der Waals surface area contributed by atoms with Gasteiger partial charge >= 0.3 is 0 Å². The van der Waals surface area contributed by atoms with Crippen LogP contribution in [-0.4, -0.2) is 16.1 Å². The van der Waals surface area contributed by atoms with Gasteiger partial charge in [-0.05, 0) is 24.3 Å². The van der Waals surface area contributed by atoms with Crippen molar-refractivity contribution in [2.75, 3.05) is 0 Å². The number of ether oxygens (including phenoxy) is 1. The molecule has 0 aromatic carbocycles. The number of halogens is 1. The molecule has 0 unspecified atom stereocenters. The van der Waals surface area contributed by atoms with Gasteiger partial charge in [-0.25, -0.2) is 9.97 Å². The van der Waals surface area contributed by atoms with Crippen LogP contribution in [0.4, 0.5) is 0 Å². The normalized spacial score (nSPS) is 17.7. The molecule has 1 aliphatic carbocycles. The molecule has 0 amide bonds. The number of hydrogen-bond acceptors (Lipinski definition) is 4. The minimum absolute atomic E-state index is 0.365. The van der Waals surface area contributed by atoms with E-state index in [9.17, 15) is 0 Å². The number of hydrogen-bond donors (Lipinski definition) is 0. The van der Waals surface area contributed by atoms with E-state index >= 15 is 0 Å². The summed E-state index contributed by atoms with van der Waals surface area (Å²) in [6.07, 6.45) is 7.91. The molecule has 102 valence electrons. The van der Waals surface area contributed by atoms with Crippen LogP contribution in [0.3, 0.4) is 0 Å². The lowest BCUT2D eigenvalue weighted by atomic mass is 10.1. The Kier molecular flexibility index (Phi) is 4.31. The quantitative estimate of drug-likeness (QED) is 0.614. The van der Waals surface area contributed by atoms with Crippen LogP contribution in [0.25, 0.3) is 10.2 Å². The molecule has 2 aromatic heterocycles. The molecule has 2 heterocycles. The van der Waals surface area contributed by atoms with Gasteiger partial charge in [-0.15, -0.1) is 11.3 Å². The Balaban J connectivity index is 1.67. The van der Waals surface area contributed by atoms with Gasteiger partial charge in [0.1, 0.15) is 16.6 Å². The highest BCUT2D eigenvalue weighted by atomic mass is 35.5. The third-order valence-electron chi connectivity index (χ3n) is 3.58. The fourth-order valence-corrected chi connectivity index (χ4v) is 3.61. The Bertz CT molecular complexity index is 549. The third kappa shape index (κ3) is 3.25. The predicted octanol–water partition coefficient (Wildman–Crippen LogP) is 4.58. The standard InChI is InChI=1S/C14H17ClN2OS/c15-13-11-7-8-19-14(11)17-12(16-13)9-18-10-5-3-1-2-4-6-10/h7-8,10H,1-6,9H2. The maximum absolute atomic E-state index is 6.15. The topological polar surface area (TPSA) is 35.0 Å². The summed E-state index contributed by atoms with van der Waals surface area (Å²) in [5.41, 5.74) is 0. The lowest BCUT2D eigenvalue weighted by Crippen LogP contribution is -2.12. The van der Waals surface area contributed by atoms with Gasteiger partial charge < -0.3 is 4.74 Å². The summed E-state index contributed by atoms with van der Waals surface area (Å²) in [6.45, 7) is 0.470. The highest BCUT2D eigenvalue weighted by Gasteiger charge is 2.14. The Morgan fingerprint density at radius 2 is 2.00 bits per heavy atom. The van der Waals surface area contributed by atoms with Crippen molar-refractivity contribution in [1.29, 1.82) is 0 Å². The average Bonchev–Trinajstić information content (AvgIpc) is 2.73. The Hall–Kier alpha value is -0.710. The molecule has 19 heavy (non-hydrogen) atoms. The number of rotatable bonds is 3. The van der Waals surface area contributed by atoms with Crippen molar-refractivity contribution in [3.8, 4) is 0 Å². The summed E-state index contributed by atoms with van der Waals surface area (Å²) >= 11 is 7.74. The zero-order chi connectivity index (χ0) is 13.1. The maximum atomic E-state index is 6.15. The van der Waals surface area contributed by atoms with Crippen molar-refractivity contribution in [3.05, 3.63) is 22.4 Å². The van der Waals surface area contributed by atoms with Gasteiger partial charge in [0.05, 0.1) is 6.10 Å². The first-order valence-electron chi connectivity index (χ1n) is 6.84. The molecule has 0 saturated heterocycles. The number of thiophene rings is 1. The smallest absolute Gasteiger partial charge is 0.157 e.